The first-order chi connectivity index (χ1) is 8.74. The van der Waals surface area contributed by atoms with Gasteiger partial charge in [0.25, 0.3) is 5.91 Å². The molecule has 6 heteroatoms. The molecule has 0 spiro atoms. The summed E-state index contributed by atoms with van der Waals surface area (Å²) in [6, 6.07) is 8.94. The highest BCUT2D eigenvalue weighted by Crippen LogP contribution is 2.16. The van der Waals surface area contributed by atoms with Crippen LogP contribution in [-0.4, -0.2) is 15.3 Å². The lowest BCUT2D eigenvalue weighted by atomic mass is 10.4. The Morgan fingerprint density at radius 1 is 1.33 bits per heavy atom. The fourth-order valence-corrected chi connectivity index (χ4v) is 1.94. The van der Waals surface area contributed by atoms with Gasteiger partial charge in [0.2, 0.25) is 5.95 Å². The third-order valence-corrected chi connectivity index (χ3v) is 2.89. The Labute approximate surface area is 111 Å². The van der Waals surface area contributed by atoms with Crippen molar-refractivity contribution in [3.05, 3.63) is 53.2 Å². The number of hydrogen-bond donors (Lipinski definition) is 1. The predicted octanol–water partition coefficient (Wildman–Crippen LogP) is 2.94. The number of fused-ring (bicyclic) bond motifs is 1. The number of carbonyl (C=O) groups is 1. The third-order valence-electron chi connectivity index (χ3n) is 2.46. The zero-order valence-electron chi connectivity index (χ0n) is 9.13. The quantitative estimate of drug-likeness (QED) is 0.792. The number of furan rings is 1. The maximum absolute atomic E-state index is 11.9. The average Bonchev–Trinajstić information content (AvgIpc) is 2.97. The second-order valence-corrected chi connectivity index (χ2v) is 4.42. The second-order valence-electron chi connectivity index (χ2n) is 3.64. The number of pyridine rings is 1. The van der Waals surface area contributed by atoms with Gasteiger partial charge in [0.1, 0.15) is 0 Å². The van der Waals surface area contributed by atoms with Crippen LogP contribution in [0.1, 0.15) is 10.6 Å². The molecule has 0 saturated heterocycles. The molecule has 1 amide bonds. The summed E-state index contributed by atoms with van der Waals surface area (Å²) in [7, 11) is 0. The molecule has 0 aliphatic rings. The van der Waals surface area contributed by atoms with E-state index in [4.69, 9.17) is 4.42 Å². The summed E-state index contributed by atoms with van der Waals surface area (Å²) in [6.07, 6.45) is 3.52. The van der Waals surface area contributed by atoms with Gasteiger partial charge in [-0.05, 0) is 40.2 Å². The lowest BCUT2D eigenvalue weighted by molar-refractivity contribution is 0.0994. The summed E-state index contributed by atoms with van der Waals surface area (Å²) >= 11 is 3.15. The topological polar surface area (TPSA) is 59.5 Å². The molecule has 90 valence electrons. The Hall–Kier alpha value is -2.08. The van der Waals surface area contributed by atoms with E-state index in [1.165, 1.54) is 0 Å². The molecule has 0 atom stereocenters. The standard InChI is InChI=1S/C12H8BrN3O2/c13-10-5-4-9(18-10)11(17)15-12-14-7-8-3-1-2-6-16(8)12/h1-7H,(H,14,15,17). The second kappa shape index (κ2) is 4.30. The Morgan fingerprint density at radius 2 is 2.22 bits per heavy atom. The summed E-state index contributed by atoms with van der Waals surface area (Å²) in [5, 5.41) is 2.69. The number of amides is 1. The molecule has 3 rings (SSSR count). The van der Waals surface area contributed by atoms with Gasteiger partial charge in [-0.3, -0.25) is 14.5 Å². The van der Waals surface area contributed by atoms with E-state index in [2.05, 4.69) is 26.2 Å². The highest BCUT2D eigenvalue weighted by Gasteiger charge is 2.13. The van der Waals surface area contributed by atoms with Gasteiger partial charge in [-0.1, -0.05) is 6.07 Å². The molecule has 3 aromatic heterocycles. The van der Waals surface area contributed by atoms with Crippen molar-refractivity contribution in [3.8, 4) is 0 Å². The van der Waals surface area contributed by atoms with Crippen LogP contribution in [0.25, 0.3) is 5.52 Å². The van der Waals surface area contributed by atoms with Gasteiger partial charge < -0.3 is 4.42 Å². The minimum atomic E-state index is -0.336. The van der Waals surface area contributed by atoms with Crippen LogP contribution in [0.5, 0.6) is 0 Å². The monoisotopic (exact) mass is 305 g/mol. The van der Waals surface area contributed by atoms with E-state index in [0.717, 1.165) is 5.52 Å². The third kappa shape index (κ3) is 1.91. The van der Waals surface area contributed by atoms with E-state index in [0.29, 0.717) is 10.6 Å². The summed E-state index contributed by atoms with van der Waals surface area (Å²) in [5.74, 6) is 0.356. The van der Waals surface area contributed by atoms with Crippen molar-refractivity contribution in [2.24, 2.45) is 0 Å². The van der Waals surface area contributed by atoms with Gasteiger partial charge in [-0.25, -0.2) is 4.98 Å². The fraction of sp³-hybridized carbons (Fsp3) is 0. The number of imidazole rings is 1. The van der Waals surface area contributed by atoms with E-state index >= 15 is 0 Å². The number of aromatic nitrogens is 2. The Morgan fingerprint density at radius 3 is 3.00 bits per heavy atom. The van der Waals surface area contributed by atoms with E-state index < -0.39 is 0 Å². The first kappa shape index (κ1) is 11.0. The lowest BCUT2D eigenvalue weighted by Gasteiger charge is -2.01. The summed E-state index contributed by atoms with van der Waals surface area (Å²) in [5.41, 5.74) is 0.911. The molecular weight excluding hydrogens is 298 g/mol. The molecule has 18 heavy (non-hydrogen) atoms. The van der Waals surface area contributed by atoms with Crippen LogP contribution in [0.3, 0.4) is 0 Å². The number of rotatable bonds is 2. The summed E-state index contributed by atoms with van der Waals surface area (Å²) in [4.78, 5) is 16.0. The van der Waals surface area contributed by atoms with Gasteiger partial charge in [-0.2, -0.15) is 0 Å². The van der Waals surface area contributed by atoms with Crippen molar-refractivity contribution in [2.75, 3.05) is 5.32 Å². The van der Waals surface area contributed by atoms with Crippen molar-refractivity contribution in [2.45, 2.75) is 0 Å². The minimum absolute atomic E-state index is 0.231. The normalized spacial score (nSPS) is 10.7. The van der Waals surface area contributed by atoms with Crippen molar-refractivity contribution in [1.29, 1.82) is 0 Å². The minimum Gasteiger partial charge on any atom is -0.444 e. The number of nitrogens with one attached hydrogen (secondary N) is 1. The molecule has 0 unspecified atom stereocenters. The molecule has 0 aliphatic carbocycles. The molecule has 5 nitrogen and oxygen atoms in total. The number of hydrogen-bond acceptors (Lipinski definition) is 3. The molecular formula is C12H8BrN3O2. The smallest absolute Gasteiger partial charge is 0.293 e. The van der Waals surface area contributed by atoms with Crippen LogP contribution in [0, 0.1) is 0 Å². The molecule has 0 radical (unpaired) electrons. The highest BCUT2D eigenvalue weighted by atomic mass is 79.9. The van der Waals surface area contributed by atoms with Gasteiger partial charge >= 0.3 is 0 Å². The lowest BCUT2D eigenvalue weighted by Crippen LogP contribution is -2.13. The van der Waals surface area contributed by atoms with Gasteiger partial charge in [0, 0.05) is 6.20 Å². The molecule has 0 aliphatic heterocycles. The predicted molar refractivity (Wildman–Crippen MR) is 69.6 cm³/mol. The molecule has 1 N–H and O–H groups in total. The zero-order valence-corrected chi connectivity index (χ0v) is 10.7. The van der Waals surface area contributed by atoms with Gasteiger partial charge in [0.05, 0.1) is 11.7 Å². The van der Waals surface area contributed by atoms with E-state index in [9.17, 15) is 4.79 Å². The Kier molecular flexibility index (Phi) is 2.64. The Bertz CT molecular complexity index is 717. The van der Waals surface area contributed by atoms with Crippen molar-refractivity contribution in [3.63, 3.8) is 0 Å². The molecule has 0 aromatic carbocycles. The van der Waals surface area contributed by atoms with Crippen LogP contribution >= 0.6 is 15.9 Å². The molecule has 0 fully saturated rings. The molecule has 3 heterocycles. The number of anilines is 1. The van der Waals surface area contributed by atoms with E-state index in [1.54, 1.807) is 22.7 Å². The van der Waals surface area contributed by atoms with Crippen LogP contribution in [0.15, 0.2) is 51.8 Å². The van der Waals surface area contributed by atoms with Crippen LogP contribution in [0.2, 0.25) is 0 Å². The van der Waals surface area contributed by atoms with Crippen LogP contribution in [0.4, 0.5) is 5.95 Å². The Balaban J connectivity index is 1.90. The van der Waals surface area contributed by atoms with E-state index in [-0.39, 0.29) is 11.7 Å². The largest absolute Gasteiger partial charge is 0.444 e. The summed E-state index contributed by atoms with van der Waals surface area (Å²) < 4.78 is 7.48. The first-order valence-corrected chi connectivity index (χ1v) is 6.02. The fourth-order valence-electron chi connectivity index (χ4n) is 1.64. The molecule has 0 saturated carbocycles. The number of nitrogens with zero attached hydrogens (tertiary/aromatic N) is 2. The van der Waals surface area contributed by atoms with E-state index in [1.807, 2.05) is 24.4 Å². The maximum atomic E-state index is 11.9. The number of carbonyl (C=O) groups excluding carboxylic acids is 1. The molecule has 3 aromatic rings. The van der Waals surface area contributed by atoms with Crippen molar-refractivity contribution < 1.29 is 9.21 Å². The van der Waals surface area contributed by atoms with Crippen LogP contribution in [-0.2, 0) is 0 Å². The first-order valence-electron chi connectivity index (χ1n) is 5.23. The molecule has 0 bridgehead atoms. The number of halogens is 1. The maximum Gasteiger partial charge on any atom is 0.293 e. The summed E-state index contributed by atoms with van der Waals surface area (Å²) in [6.45, 7) is 0. The zero-order chi connectivity index (χ0) is 12.5. The van der Waals surface area contributed by atoms with Gasteiger partial charge in [-0.15, -0.1) is 0 Å². The van der Waals surface area contributed by atoms with Gasteiger partial charge in [0.15, 0.2) is 10.4 Å². The SMILES string of the molecule is O=C(Nc1ncc2ccccn12)c1ccc(Br)o1. The van der Waals surface area contributed by atoms with Crippen molar-refractivity contribution in [1.82, 2.24) is 9.38 Å². The highest BCUT2D eigenvalue weighted by molar-refractivity contribution is 9.10. The average molecular weight is 306 g/mol. The van der Waals surface area contributed by atoms with Crippen molar-refractivity contribution >= 4 is 33.3 Å². The van der Waals surface area contributed by atoms with Crippen LogP contribution < -0.4 is 5.32 Å².